The van der Waals surface area contributed by atoms with E-state index in [4.69, 9.17) is 0 Å². The Kier molecular flexibility index (Phi) is 4.59. The molecule has 2 N–H and O–H groups in total. The van der Waals surface area contributed by atoms with E-state index in [-0.39, 0.29) is 30.0 Å². The first-order valence-corrected chi connectivity index (χ1v) is 9.46. The summed E-state index contributed by atoms with van der Waals surface area (Å²) >= 11 is 0. The molecule has 1 aliphatic heterocycles. The Balaban J connectivity index is 1.47. The lowest BCUT2D eigenvalue weighted by molar-refractivity contribution is -0.121. The molecule has 1 aromatic heterocycles. The number of imidazole rings is 1. The maximum absolute atomic E-state index is 12.8. The van der Waals surface area contributed by atoms with Crippen LogP contribution in [0.5, 0.6) is 5.75 Å². The van der Waals surface area contributed by atoms with E-state index in [0.717, 1.165) is 24.4 Å². The molecule has 1 aromatic carbocycles. The second kappa shape index (κ2) is 7.06. The number of carbonyl (C=O) groups is 2. The number of rotatable bonds is 4. The first-order chi connectivity index (χ1) is 13.0. The van der Waals surface area contributed by atoms with Gasteiger partial charge in [0.1, 0.15) is 11.6 Å². The van der Waals surface area contributed by atoms with Crippen molar-refractivity contribution in [3.63, 3.8) is 0 Å². The van der Waals surface area contributed by atoms with E-state index >= 15 is 0 Å². The van der Waals surface area contributed by atoms with Crippen molar-refractivity contribution >= 4 is 11.8 Å². The van der Waals surface area contributed by atoms with Gasteiger partial charge in [-0.25, -0.2) is 4.98 Å². The highest BCUT2D eigenvalue weighted by atomic mass is 16.3. The number of carbonyl (C=O) groups excluding carboxylic acids is 2. The van der Waals surface area contributed by atoms with Gasteiger partial charge in [-0.05, 0) is 44.4 Å². The maximum Gasteiger partial charge on any atom is 0.254 e. The molecule has 0 radical (unpaired) electrons. The average Bonchev–Trinajstić information content (AvgIpc) is 3.01. The standard InChI is InChI=1S/C20H24N4O3/c1-13-19-22-16(11-18(26)21-15-5-3-6-15)12-23(19)8-9-24(13)20(27)14-4-2-7-17(25)10-14/h2,4,7,10,12-13,15,25H,3,5-6,8-9,11H2,1H3,(H,21,26). The molecule has 7 heteroatoms. The van der Waals surface area contributed by atoms with E-state index in [1.54, 1.807) is 23.1 Å². The lowest BCUT2D eigenvalue weighted by Gasteiger charge is -2.33. The summed E-state index contributed by atoms with van der Waals surface area (Å²) in [6.45, 7) is 3.14. The third-order valence-electron chi connectivity index (χ3n) is 5.45. The van der Waals surface area contributed by atoms with Gasteiger partial charge in [0.05, 0.1) is 18.2 Å². The number of hydrogen-bond donors (Lipinski definition) is 2. The van der Waals surface area contributed by atoms with Gasteiger partial charge in [0, 0.05) is 30.9 Å². The van der Waals surface area contributed by atoms with Gasteiger partial charge in [0.15, 0.2) is 0 Å². The van der Waals surface area contributed by atoms with Crippen LogP contribution >= 0.6 is 0 Å². The molecular formula is C20H24N4O3. The highest BCUT2D eigenvalue weighted by Crippen LogP contribution is 2.27. The first-order valence-electron chi connectivity index (χ1n) is 9.46. The van der Waals surface area contributed by atoms with E-state index in [9.17, 15) is 14.7 Å². The highest BCUT2D eigenvalue weighted by Gasteiger charge is 2.30. The second-order valence-electron chi connectivity index (χ2n) is 7.38. The van der Waals surface area contributed by atoms with Gasteiger partial charge in [-0.2, -0.15) is 0 Å². The third-order valence-corrected chi connectivity index (χ3v) is 5.45. The summed E-state index contributed by atoms with van der Waals surface area (Å²) in [6, 6.07) is 6.51. The SMILES string of the molecule is CC1c2nc(CC(=O)NC3CCC3)cn2CCN1C(=O)c1cccc(O)c1. The number of hydrogen-bond acceptors (Lipinski definition) is 4. The Hall–Kier alpha value is -2.83. The number of phenolic OH excluding ortho intramolecular Hbond substituents is 1. The van der Waals surface area contributed by atoms with Gasteiger partial charge in [0.2, 0.25) is 5.91 Å². The minimum atomic E-state index is -0.197. The number of nitrogens with zero attached hydrogens (tertiary/aromatic N) is 3. The molecule has 1 unspecified atom stereocenters. The Bertz CT molecular complexity index is 872. The lowest BCUT2D eigenvalue weighted by Crippen LogP contribution is -2.41. The molecule has 2 amide bonds. The summed E-state index contributed by atoms with van der Waals surface area (Å²) in [4.78, 5) is 31.4. The fraction of sp³-hybridized carbons (Fsp3) is 0.450. The smallest absolute Gasteiger partial charge is 0.254 e. The van der Waals surface area contributed by atoms with Crippen LogP contribution in [0, 0.1) is 0 Å². The monoisotopic (exact) mass is 368 g/mol. The fourth-order valence-electron chi connectivity index (χ4n) is 3.71. The zero-order valence-electron chi connectivity index (χ0n) is 15.4. The quantitative estimate of drug-likeness (QED) is 0.864. The van der Waals surface area contributed by atoms with Crippen molar-refractivity contribution in [1.29, 1.82) is 0 Å². The van der Waals surface area contributed by atoms with Crippen molar-refractivity contribution in [3.8, 4) is 5.75 Å². The van der Waals surface area contributed by atoms with Crippen LogP contribution in [-0.4, -0.2) is 44.0 Å². The zero-order valence-corrected chi connectivity index (χ0v) is 15.4. The molecule has 1 atom stereocenters. The van der Waals surface area contributed by atoms with E-state index in [1.807, 2.05) is 17.7 Å². The number of amides is 2. The van der Waals surface area contributed by atoms with Crippen LogP contribution in [-0.2, 0) is 17.8 Å². The van der Waals surface area contributed by atoms with E-state index < -0.39 is 0 Å². The van der Waals surface area contributed by atoms with Crippen LogP contribution in [0.4, 0.5) is 0 Å². The zero-order chi connectivity index (χ0) is 19.0. The van der Waals surface area contributed by atoms with Crippen LogP contribution in [0.2, 0.25) is 0 Å². The van der Waals surface area contributed by atoms with Gasteiger partial charge < -0.3 is 19.9 Å². The number of nitrogens with one attached hydrogen (secondary N) is 1. The molecule has 2 aromatic rings. The molecule has 1 saturated carbocycles. The number of fused-ring (bicyclic) bond motifs is 1. The van der Waals surface area contributed by atoms with Gasteiger partial charge in [0.25, 0.3) is 5.91 Å². The van der Waals surface area contributed by atoms with Crippen LogP contribution < -0.4 is 5.32 Å². The molecule has 142 valence electrons. The van der Waals surface area contributed by atoms with Crippen molar-refractivity contribution in [1.82, 2.24) is 19.8 Å². The molecule has 0 spiro atoms. The summed E-state index contributed by atoms with van der Waals surface area (Å²) in [6.07, 6.45) is 5.50. The van der Waals surface area contributed by atoms with Crippen molar-refractivity contribution in [3.05, 3.63) is 47.5 Å². The van der Waals surface area contributed by atoms with Crippen LogP contribution in [0.15, 0.2) is 30.5 Å². The average molecular weight is 368 g/mol. The normalized spacial score (nSPS) is 19.3. The third kappa shape index (κ3) is 3.54. The number of benzene rings is 1. The minimum absolute atomic E-state index is 0.00972. The Morgan fingerprint density at radius 1 is 1.30 bits per heavy atom. The number of phenols is 1. The molecule has 2 heterocycles. The Morgan fingerprint density at radius 3 is 2.81 bits per heavy atom. The minimum Gasteiger partial charge on any atom is -0.508 e. The Labute approximate surface area is 158 Å². The van der Waals surface area contributed by atoms with E-state index in [0.29, 0.717) is 24.7 Å². The number of aromatic hydroxyl groups is 1. The van der Waals surface area contributed by atoms with Gasteiger partial charge >= 0.3 is 0 Å². The highest BCUT2D eigenvalue weighted by molar-refractivity contribution is 5.94. The fourth-order valence-corrected chi connectivity index (χ4v) is 3.71. The molecule has 1 aliphatic carbocycles. The van der Waals surface area contributed by atoms with E-state index in [2.05, 4.69) is 10.3 Å². The Morgan fingerprint density at radius 2 is 2.11 bits per heavy atom. The van der Waals surface area contributed by atoms with Crippen molar-refractivity contribution in [2.45, 2.75) is 51.2 Å². The largest absolute Gasteiger partial charge is 0.508 e. The summed E-state index contributed by atoms with van der Waals surface area (Å²) in [5, 5.41) is 12.7. The van der Waals surface area contributed by atoms with Crippen LogP contribution in [0.3, 0.4) is 0 Å². The summed E-state index contributed by atoms with van der Waals surface area (Å²) in [7, 11) is 0. The van der Waals surface area contributed by atoms with Gasteiger partial charge in [-0.3, -0.25) is 9.59 Å². The summed E-state index contributed by atoms with van der Waals surface area (Å²) in [5.41, 5.74) is 1.20. The molecule has 4 rings (SSSR count). The van der Waals surface area contributed by atoms with Gasteiger partial charge in [-0.15, -0.1) is 0 Å². The molecule has 2 aliphatic rings. The van der Waals surface area contributed by atoms with Crippen molar-refractivity contribution < 1.29 is 14.7 Å². The first kappa shape index (κ1) is 17.6. The molecular weight excluding hydrogens is 344 g/mol. The van der Waals surface area contributed by atoms with Gasteiger partial charge in [-0.1, -0.05) is 6.07 Å². The lowest BCUT2D eigenvalue weighted by atomic mass is 9.93. The molecule has 0 saturated heterocycles. The molecule has 7 nitrogen and oxygen atoms in total. The van der Waals surface area contributed by atoms with Crippen molar-refractivity contribution in [2.75, 3.05) is 6.54 Å². The molecule has 27 heavy (non-hydrogen) atoms. The topological polar surface area (TPSA) is 87.5 Å². The van der Waals surface area contributed by atoms with E-state index in [1.165, 1.54) is 12.5 Å². The van der Waals surface area contributed by atoms with Crippen LogP contribution in [0.1, 0.15) is 54.1 Å². The second-order valence-corrected chi connectivity index (χ2v) is 7.38. The summed E-state index contributed by atoms with van der Waals surface area (Å²) < 4.78 is 2.03. The summed E-state index contributed by atoms with van der Waals surface area (Å²) in [5.74, 6) is 0.750. The molecule has 0 bridgehead atoms. The predicted molar refractivity (Wildman–Crippen MR) is 99.3 cm³/mol. The van der Waals surface area contributed by atoms with Crippen molar-refractivity contribution in [2.24, 2.45) is 0 Å². The predicted octanol–water partition coefficient (Wildman–Crippen LogP) is 2.02. The number of aromatic nitrogens is 2. The maximum atomic E-state index is 12.8. The molecule has 1 fully saturated rings. The van der Waals surface area contributed by atoms with Crippen LogP contribution in [0.25, 0.3) is 0 Å².